The van der Waals surface area contributed by atoms with Gasteiger partial charge in [-0.05, 0) is 25.7 Å². The molecule has 0 radical (unpaired) electrons. The van der Waals surface area contributed by atoms with Gasteiger partial charge in [-0.1, -0.05) is 6.92 Å². The maximum absolute atomic E-state index is 9.49. The summed E-state index contributed by atoms with van der Waals surface area (Å²) in [6, 6.07) is 0.157. The van der Waals surface area contributed by atoms with Crippen molar-refractivity contribution in [3.63, 3.8) is 0 Å². The van der Waals surface area contributed by atoms with Crippen LogP contribution in [0.5, 0.6) is 0 Å². The predicted octanol–water partition coefficient (Wildman–Crippen LogP) is 0.676. The van der Waals surface area contributed by atoms with Gasteiger partial charge in [0.25, 0.3) is 0 Å². The Kier molecular flexibility index (Phi) is 4.33. The maximum atomic E-state index is 9.49. The van der Waals surface area contributed by atoms with Gasteiger partial charge >= 0.3 is 0 Å². The Balaban J connectivity index is 2.36. The molecule has 0 saturated carbocycles. The molecule has 0 bridgehead atoms. The van der Waals surface area contributed by atoms with E-state index in [1.54, 1.807) is 0 Å². The second kappa shape index (κ2) is 5.97. The Bertz CT molecular complexity index is 398. The number of hydrogen-bond donors (Lipinski definition) is 3. The average Bonchev–Trinajstić information content (AvgIpc) is 2.46. The summed E-state index contributed by atoms with van der Waals surface area (Å²) in [6.07, 6.45) is 5.64. The van der Waals surface area contributed by atoms with E-state index in [2.05, 4.69) is 27.2 Å². The van der Waals surface area contributed by atoms with Crippen molar-refractivity contribution in [2.24, 2.45) is 5.84 Å². The third-order valence-electron chi connectivity index (χ3n) is 3.52. The summed E-state index contributed by atoms with van der Waals surface area (Å²) in [4.78, 5) is 10.7. The number of nitrogens with one attached hydrogen (secondary N) is 1. The Morgan fingerprint density at radius 3 is 3.00 bits per heavy atom. The monoisotopic (exact) mass is 251 g/mol. The van der Waals surface area contributed by atoms with Crippen LogP contribution >= 0.6 is 0 Å². The number of nitrogens with two attached hydrogens (primary N) is 1. The molecular formula is C12H21N5O. The second-order valence-corrected chi connectivity index (χ2v) is 4.55. The van der Waals surface area contributed by atoms with Gasteiger partial charge in [-0.3, -0.25) is 0 Å². The van der Waals surface area contributed by atoms with Crippen LogP contribution in [-0.2, 0) is 6.42 Å². The lowest BCUT2D eigenvalue weighted by Crippen LogP contribution is -2.43. The second-order valence-electron chi connectivity index (χ2n) is 4.55. The van der Waals surface area contributed by atoms with E-state index in [1.807, 2.05) is 0 Å². The number of piperidine rings is 1. The van der Waals surface area contributed by atoms with Crippen molar-refractivity contribution in [3.8, 4) is 0 Å². The first-order chi connectivity index (χ1) is 8.81. The predicted molar refractivity (Wildman–Crippen MR) is 71.3 cm³/mol. The number of aliphatic hydroxyl groups is 1. The van der Waals surface area contributed by atoms with Gasteiger partial charge in [0, 0.05) is 12.1 Å². The van der Waals surface area contributed by atoms with Gasteiger partial charge in [0.05, 0.1) is 12.6 Å². The molecule has 6 nitrogen and oxygen atoms in total. The van der Waals surface area contributed by atoms with Crippen molar-refractivity contribution in [1.82, 2.24) is 9.97 Å². The van der Waals surface area contributed by atoms with E-state index in [-0.39, 0.29) is 12.6 Å². The highest BCUT2D eigenvalue weighted by Gasteiger charge is 2.25. The minimum Gasteiger partial charge on any atom is -0.394 e. The van der Waals surface area contributed by atoms with Crippen molar-refractivity contribution in [3.05, 3.63) is 11.9 Å². The first kappa shape index (κ1) is 13.0. The van der Waals surface area contributed by atoms with E-state index in [0.29, 0.717) is 5.82 Å². The van der Waals surface area contributed by atoms with Gasteiger partial charge in [0.15, 0.2) is 0 Å². The van der Waals surface area contributed by atoms with Crippen LogP contribution in [0.15, 0.2) is 6.33 Å². The minimum absolute atomic E-state index is 0.157. The highest BCUT2D eigenvalue weighted by molar-refractivity contribution is 5.59. The third-order valence-corrected chi connectivity index (χ3v) is 3.52. The van der Waals surface area contributed by atoms with Gasteiger partial charge in [0.1, 0.15) is 18.0 Å². The summed E-state index contributed by atoms with van der Waals surface area (Å²) in [5.74, 6) is 7.06. The largest absolute Gasteiger partial charge is 0.394 e. The molecule has 0 aliphatic carbocycles. The number of anilines is 2. The quantitative estimate of drug-likeness (QED) is 0.539. The summed E-state index contributed by atoms with van der Waals surface area (Å²) < 4.78 is 0. The van der Waals surface area contributed by atoms with Crippen molar-refractivity contribution in [2.75, 3.05) is 23.5 Å². The number of hydrazine groups is 1. The van der Waals surface area contributed by atoms with Gasteiger partial charge < -0.3 is 15.4 Å². The topological polar surface area (TPSA) is 87.3 Å². The molecule has 1 aromatic rings. The van der Waals surface area contributed by atoms with Crippen LogP contribution in [0.4, 0.5) is 11.6 Å². The van der Waals surface area contributed by atoms with Crippen LogP contribution in [0.2, 0.25) is 0 Å². The molecule has 4 N–H and O–H groups in total. The molecule has 0 amide bonds. The number of aliphatic hydroxyl groups excluding tert-OH is 1. The maximum Gasteiger partial charge on any atom is 0.148 e. The lowest BCUT2D eigenvalue weighted by atomic mass is 10.0. The van der Waals surface area contributed by atoms with Crippen LogP contribution in [-0.4, -0.2) is 34.3 Å². The molecule has 2 rings (SSSR count). The number of rotatable bonds is 4. The fraction of sp³-hybridized carbons (Fsp3) is 0.667. The zero-order valence-electron chi connectivity index (χ0n) is 10.8. The molecule has 0 spiro atoms. The van der Waals surface area contributed by atoms with Crippen molar-refractivity contribution >= 4 is 11.6 Å². The zero-order valence-corrected chi connectivity index (χ0v) is 10.8. The summed E-state index contributed by atoms with van der Waals surface area (Å²) in [5, 5.41) is 9.49. The van der Waals surface area contributed by atoms with Gasteiger partial charge in [0.2, 0.25) is 0 Å². The third kappa shape index (κ3) is 2.39. The number of aromatic nitrogens is 2. The molecule has 1 aromatic heterocycles. The molecule has 18 heavy (non-hydrogen) atoms. The van der Waals surface area contributed by atoms with E-state index >= 15 is 0 Å². The Morgan fingerprint density at radius 2 is 2.33 bits per heavy atom. The zero-order chi connectivity index (χ0) is 13.0. The fourth-order valence-electron chi connectivity index (χ4n) is 2.57. The Hall–Kier alpha value is -1.40. The smallest absolute Gasteiger partial charge is 0.148 e. The summed E-state index contributed by atoms with van der Waals surface area (Å²) in [6.45, 7) is 3.15. The Morgan fingerprint density at radius 1 is 1.50 bits per heavy atom. The van der Waals surface area contributed by atoms with Crippen LogP contribution < -0.4 is 16.2 Å². The van der Waals surface area contributed by atoms with E-state index in [0.717, 1.165) is 43.6 Å². The molecular weight excluding hydrogens is 230 g/mol. The SMILES string of the molecule is CCc1c(NN)ncnc1N1CCCCC1CO. The van der Waals surface area contributed by atoms with Crippen molar-refractivity contribution in [2.45, 2.75) is 38.6 Å². The lowest BCUT2D eigenvalue weighted by molar-refractivity contribution is 0.239. The highest BCUT2D eigenvalue weighted by Crippen LogP contribution is 2.28. The number of nitrogens with zero attached hydrogens (tertiary/aromatic N) is 3. The van der Waals surface area contributed by atoms with E-state index < -0.39 is 0 Å². The Labute approximate surface area is 107 Å². The summed E-state index contributed by atoms with van der Waals surface area (Å²) >= 11 is 0. The minimum atomic E-state index is 0.157. The van der Waals surface area contributed by atoms with Crippen LogP contribution in [0.1, 0.15) is 31.7 Å². The lowest BCUT2D eigenvalue weighted by Gasteiger charge is -2.36. The molecule has 100 valence electrons. The van der Waals surface area contributed by atoms with Crippen molar-refractivity contribution in [1.29, 1.82) is 0 Å². The van der Waals surface area contributed by atoms with Gasteiger partial charge in [-0.2, -0.15) is 0 Å². The molecule has 1 aliphatic heterocycles. The average molecular weight is 251 g/mol. The molecule has 1 saturated heterocycles. The highest BCUT2D eigenvalue weighted by atomic mass is 16.3. The van der Waals surface area contributed by atoms with E-state index in [1.165, 1.54) is 6.33 Å². The first-order valence-corrected chi connectivity index (χ1v) is 6.49. The summed E-state index contributed by atoms with van der Waals surface area (Å²) in [5.41, 5.74) is 3.63. The van der Waals surface area contributed by atoms with E-state index in [4.69, 9.17) is 5.84 Å². The first-order valence-electron chi connectivity index (χ1n) is 6.49. The number of nitrogen functional groups attached to an aromatic ring is 1. The van der Waals surface area contributed by atoms with E-state index in [9.17, 15) is 5.11 Å². The molecule has 1 atom stereocenters. The number of hydrogen-bond acceptors (Lipinski definition) is 6. The normalized spacial score (nSPS) is 19.9. The molecule has 0 aromatic carbocycles. The molecule has 1 unspecified atom stereocenters. The fourth-order valence-corrected chi connectivity index (χ4v) is 2.57. The van der Waals surface area contributed by atoms with Crippen LogP contribution in [0.25, 0.3) is 0 Å². The summed E-state index contributed by atoms with van der Waals surface area (Å²) in [7, 11) is 0. The van der Waals surface area contributed by atoms with Crippen LogP contribution in [0, 0.1) is 0 Å². The van der Waals surface area contributed by atoms with Crippen molar-refractivity contribution < 1.29 is 5.11 Å². The van der Waals surface area contributed by atoms with Gasteiger partial charge in [-0.25, -0.2) is 15.8 Å². The molecule has 1 aliphatic rings. The molecule has 6 heteroatoms. The molecule has 2 heterocycles. The standard InChI is InChI=1S/C12H21N5O/c1-2-10-11(16-13)14-8-15-12(10)17-6-4-3-5-9(17)7-18/h8-9,18H,2-7,13H2,1H3,(H,14,15,16). The molecule has 1 fully saturated rings. The van der Waals surface area contributed by atoms with Gasteiger partial charge in [-0.15, -0.1) is 0 Å². The van der Waals surface area contributed by atoms with Crippen LogP contribution in [0.3, 0.4) is 0 Å².